The van der Waals surface area contributed by atoms with Gasteiger partial charge in [-0.05, 0) is 30.5 Å². The van der Waals surface area contributed by atoms with Crippen molar-refractivity contribution in [3.63, 3.8) is 0 Å². The molecule has 2 aliphatic heterocycles. The molecule has 2 saturated heterocycles. The molecule has 4 rings (SSSR count). The van der Waals surface area contributed by atoms with Gasteiger partial charge in [-0.25, -0.2) is 0 Å². The summed E-state index contributed by atoms with van der Waals surface area (Å²) in [6.45, 7) is 9.96. The molecule has 2 N–H and O–H groups in total. The number of thiophene rings is 1. The normalized spacial score (nSPS) is 19.4. The van der Waals surface area contributed by atoms with Crippen molar-refractivity contribution in [2.45, 2.75) is 19.0 Å². The average molecular weight is 486 g/mol. The van der Waals surface area contributed by atoms with Crippen molar-refractivity contribution in [1.29, 1.82) is 0 Å². The van der Waals surface area contributed by atoms with Crippen molar-refractivity contribution >= 4 is 28.8 Å². The number of rotatable bonds is 8. The van der Waals surface area contributed by atoms with Gasteiger partial charge in [0.05, 0.1) is 19.3 Å². The fourth-order valence-corrected chi connectivity index (χ4v) is 5.65. The van der Waals surface area contributed by atoms with Crippen LogP contribution in [0.15, 0.2) is 47.8 Å². The molecule has 1 aromatic carbocycles. The number of nitrogens with one attached hydrogen (secondary N) is 2. The van der Waals surface area contributed by atoms with Gasteiger partial charge in [0.15, 0.2) is 0 Å². The Bertz CT molecular complexity index is 897. The Morgan fingerprint density at radius 1 is 0.971 bits per heavy atom. The smallest absolute Gasteiger partial charge is 0.309 e. The van der Waals surface area contributed by atoms with Crippen molar-refractivity contribution < 1.29 is 14.3 Å². The zero-order chi connectivity index (χ0) is 23.8. The number of morpholine rings is 1. The van der Waals surface area contributed by atoms with Crippen LogP contribution in [0.4, 0.5) is 5.69 Å². The van der Waals surface area contributed by atoms with E-state index in [0.717, 1.165) is 59.0 Å². The van der Waals surface area contributed by atoms with Gasteiger partial charge in [0.2, 0.25) is 0 Å². The Balaban J connectivity index is 1.30. The van der Waals surface area contributed by atoms with Crippen LogP contribution in [0.1, 0.15) is 17.8 Å². The molecule has 2 unspecified atom stereocenters. The highest BCUT2D eigenvalue weighted by molar-refractivity contribution is 7.10. The van der Waals surface area contributed by atoms with Crippen LogP contribution < -0.4 is 15.5 Å². The number of amides is 2. The standard InChI is InChI=1S/C25H35N5O3S/c1-20(27-25(32)24(31)26-9-10-28-15-17-33-18-16-28)23(22-8-5-19-34-22)30-13-11-29(12-14-30)21-6-3-2-4-7-21/h2-8,19-20,23H,9-18H2,1H3,(H,26,31)(H,27,32). The Labute approximate surface area is 205 Å². The summed E-state index contributed by atoms with van der Waals surface area (Å²) < 4.78 is 5.34. The van der Waals surface area contributed by atoms with E-state index >= 15 is 0 Å². The van der Waals surface area contributed by atoms with Gasteiger partial charge < -0.3 is 20.3 Å². The van der Waals surface area contributed by atoms with E-state index in [1.165, 1.54) is 10.6 Å². The molecule has 0 radical (unpaired) electrons. The molecule has 2 amide bonds. The maximum Gasteiger partial charge on any atom is 0.309 e. The fourth-order valence-electron chi connectivity index (χ4n) is 4.68. The first-order chi connectivity index (χ1) is 16.6. The summed E-state index contributed by atoms with van der Waals surface area (Å²) in [5.41, 5.74) is 1.24. The minimum Gasteiger partial charge on any atom is -0.379 e. The molecular formula is C25H35N5O3S. The predicted molar refractivity (Wildman–Crippen MR) is 135 cm³/mol. The Hall–Kier alpha value is -2.46. The van der Waals surface area contributed by atoms with Crippen LogP contribution >= 0.6 is 11.3 Å². The van der Waals surface area contributed by atoms with Gasteiger partial charge in [-0.3, -0.25) is 19.4 Å². The van der Waals surface area contributed by atoms with Crippen LogP contribution in [-0.2, 0) is 14.3 Å². The third kappa shape index (κ3) is 6.56. The lowest BCUT2D eigenvalue weighted by atomic mass is 10.0. The number of nitrogens with zero attached hydrogens (tertiary/aromatic N) is 3. The van der Waals surface area contributed by atoms with Crippen LogP contribution in [0.3, 0.4) is 0 Å². The summed E-state index contributed by atoms with van der Waals surface area (Å²) in [7, 11) is 0. The quantitative estimate of drug-likeness (QED) is 0.553. The van der Waals surface area contributed by atoms with Crippen molar-refractivity contribution in [2.75, 3.05) is 70.5 Å². The second-order valence-corrected chi connectivity index (χ2v) is 9.77. The first-order valence-corrected chi connectivity index (χ1v) is 13.0. The van der Waals surface area contributed by atoms with E-state index in [1.807, 2.05) is 19.1 Å². The number of para-hydroxylation sites is 1. The first-order valence-electron chi connectivity index (χ1n) is 12.1. The van der Waals surface area contributed by atoms with Crippen LogP contribution in [0.2, 0.25) is 0 Å². The summed E-state index contributed by atoms with van der Waals surface area (Å²) in [5, 5.41) is 7.79. The monoisotopic (exact) mass is 485 g/mol. The molecule has 2 fully saturated rings. The second kappa shape index (κ2) is 12.3. The van der Waals surface area contributed by atoms with Gasteiger partial charge in [-0.1, -0.05) is 24.3 Å². The third-order valence-corrected chi connectivity index (χ3v) is 7.46. The SMILES string of the molecule is CC(NC(=O)C(=O)NCCN1CCOCC1)C(c1cccs1)N1CCN(c2ccccc2)CC1. The topological polar surface area (TPSA) is 77.1 Å². The maximum atomic E-state index is 12.6. The van der Waals surface area contributed by atoms with E-state index in [0.29, 0.717) is 6.54 Å². The third-order valence-electron chi connectivity index (χ3n) is 6.52. The highest BCUT2D eigenvalue weighted by atomic mass is 32.1. The lowest BCUT2D eigenvalue weighted by Crippen LogP contribution is -2.54. The van der Waals surface area contributed by atoms with E-state index in [1.54, 1.807) is 11.3 Å². The van der Waals surface area contributed by atoms with Crippen LogP contribution in [0.25, 0.3) is 0 Å². The summed E-state index contributed by atoms with van der Waals surface area (Å²) in [6, 6.07) is 14.5. The average Bonchev–Trinajstić information content (AvgIpc) is 3.40. The predicted octanol–water partition coefficient (Wildman–Crippen LogP) is 1.56. The number of hydrogen-bond donors (Lipinski definition) is 2. The molecule has 34 heavy (non-hydrogen) atoms. The van der Waals surface area contributed by atoms with E-state index in [4.69, 9.17) is 4.74 Å². The van der Waals surface area contributed by atoms with Crippen LogP contribution in [0, 0.1) is 0 Å². The zero-order valence-corrected chi connectivity index (χ0v) is 20.6. The molecule has 184 valence electrons. The first kappa shape index (κ1) is 24.7. The molecule has 2 aliphatic rings. The van der Waals surface area contributed by atoms with Crippen molar-refractivity contribution in [1.82, 2.24) is 20.4 Å². The molecule has 0 spiro atoms. The van der Waals surface area contributed by atoms with Crippen LogP contribution in [-0.4, -0.2) is 93.2 Å². The summed E-state index contributed by atoms with van der Waals surface area (Å²) >= 11 is 1.69. The van der Waals surface area contributed by atoms with Crippen molar-refractivity contribution in [3.8, 4) is 0 Å². The minimum atomic E-state index is -0.570. The molecule has 0 bridgehead atoms. The van der Waals surface area contributed by atoms with Gasteiger partial charge >= 0.3 is 11.8 Å². The zero-order valence-electron chi connectivity index (χ0n) is 19.8. The molecular weight excluding hydrogens is 450 g/mol. The number of benzene rings is 1. The molecule has 8 nitrogen and oxygen atoms in total. The number of piperazine rings is 1. The molecule has 0 aliphatic carbocycles. The van der Waals surface area contributed by atoms with Gasteiger partial charge in [-0.2, -0.15) is 0 Å². The number of anilines is 1. The highest BCUT2D eigenvalue weighted by Gasteiger charge is 2.32. The number of hydrogen-bond acceptors (Lipinski definition) is 7. The summed E-state index contributed by atoms with van der Waals surface area (Å²) in [4.78, 5) is 33.3. The second-order valence-electron chi connectivity index (χ2n) is 8.79. The van der Waals surface area contributed by atoms with E-state index in [2.05, 4.69) is 61.0 Å². The molecule has 2 aromatic rings. The Morgan fingerprint density at radius 2 is 1.71 bits per heavy atom. The number of carbonyl (C=O) groups is 2. The summed E-state index contributed by atoms with van der Waals surface area (Å²) in [6.07, 6.45) is 0. The molecule has 0 saturated carbocycles. The van der Waals surface area contributed by atoms with Gasteiger partial charge in [0, 0.05) is 69.0 Å². The lowest BCUT2D eigenvalue weighted by molar-refractivity contribution is -0.139. The minimum absolute atomic E-state index is 0.0306. The molecule has 1 aromatic heterocycles. The maximum absolute atomic E-state index is 12.6. The molecule has 9 heteroatoms. The van der Waals surface area contributed by atoms with E-state index in [-0.39, 0.29) is 12.1 Å². The highest BCUT2D eigenvalue weighted by Crippen LogP contribution is 2.30. The largest absolute Gasteiger partial charge is 0.379 e. The molecule has 2 atom stereocenters. The Morgan fingerprint density at radius 3 is 2.38 bits per heavy atom. The van der Waals surface area contributed by atoms with Crippen LogP contribution in [0.5, 0.6) is 0 Å². The Kier molecular flexibility index (Phi) is 8.92. The van der Waals surface area contributed by atoms with E-state index in [9.17, 15) is 9.59 Å². The summed E-state index contributed by atoms with van der Waals surface area (Å²) in [5.74, 6) is -1.14. The van der Waals surface area contributed by atoms with Gasteiger partial charge in [-0.15, -0.1) is 11.3 Å². The number of ether oxygens (including phenoxy) is 1. The van der Waals surface area contributed by atoms with Crippen molar-refractivity contribution in [3.05, 3.63) is 52.7 Å². The number of carbonyl (C=O) groups excluding carboxylic acids is 2. The fraction of sp³-hybridized carbons (Fsp3) is 0.520. The lowest BCUT2D eigenvalue weighted by Gasteiger charge is -2.42. The van der Waals surface area contributed by atoms with Crippen molar-refractivity contribution in [2.24, 2.45) is 0 Å². The van der Waals surface area contributed by atoms with Gasteiger partial charge in [0.1, 0.15) is 0 Å². The molecule has 3 heterocycles. The van der Waals surface area contributed by atoms with E-state index < -0.39 is 11.8 Å². The van der Waals surface area contributed by atoms with Gasteiger partial charge in [0.25, 0.3) is 0 Å².